The molecule has 0 bridgehead atoms. The second-order valence-corrected chi connectivity index (χ2v) is 5.62. The van der Waals surface area contributed by atoms with Crippen LogP contribution in [0.4, 0.5) is 0 Å². The third-order valence-electron chi connectivity index (χ3n) is 2.54. The molecule has 1 aromatic rings. The Bertz CT molecular complexity index is 533. The van der Waals surface area contributed by atoms with Gasteiger partial charge in [0.1, 0.15) is 12.4 Å². The summed E-state index contributed by atoms with van der Waals surface area (Å²) in [5.41, 5.74) is 1.14. The molecule has 0 radical (unpaired) electrons. The Morgan fingerprint density at radius 2 is 2.10 bits per heavy atom. The third kappa shape index (κ3) is 4.94. The number of methoxy groups -OCH3 is 1. The first kappa shape index (κ1) is 16.1. The highest BCUT2D eigenvalue weighted by Gasteiger charge is 2.14. The van der Waals surface area contributed by atoms with Gasteiger partial charge in [-0.3, -0.25) is 4.79 Å². The average Bonchev–Trinajstić information content (AvgIpc) is 2.41. The number of nitrogens with one attached hydrogen (secondary N) is 1. The molecule has 4 nitrogen and oxygen atoms in total. The molecule has 0 aliphatic rings. The Kier molecular flexibility index (Phi) is 5.60. The summed E-state index contributed by atoms with van der Waals surface area (Å²) >= 11 is 0. The Morgan fingerprint density at radius 1 is 1.40 bits per heavy atom. The summed E-state index contributed by atoms with van der Waals surface area (Å²) in [6.45, 7) is 6.53. The predicted molar refractivity (Wildman–Crippen MR) is 78.7 cm³/mol. The van der Waals surface area contributed by atoms with Crippen LogP contribution >= 0.6 is 0 Å². The van der Waals surface area contributed by atoms with Crippen LogP contribution in [0.1, 0.15) is 36.7 Å². The zero-order valence-electron chi connectivity index (χ0n) is 12.4. The van der Waals surface area contributed by atoms with Crippen LogP contribution in [0.5, 0.6) is 5.75 Å². The molecule has 0 unspecified atom stereocenters. The van der Waals surface area contributed by atoms with Crippen LogP contribution in [0.25, 0.3) is 0 Å². The fraction of sp³-hybridized carbons (Fsp3) is 0.438. The van der Waals surface area contributed by atoms with Gasteiger partial charge in [-0.15, -0.1) is 0 Å². The number of carbonyl (C=O) groups is 1. The highest BCUT2D eigenvalue weighted by Crippen LogP contribution is 2.19. The van der Waals surface area contributed by atoms with E-state index in [1.54, 1.807) is 25.3 Å². The van der Waals surface area contributed by atoms with E-state index in [0.29, 0.717) is 23.4 Å². The summed E-state index contributed by atoms with van der Waals surface area (Å²) in [5.74, 6) is 5.77. The van der Waals surface area contributed by atoms with Crippen LogP contribution in [0.2, 0.25) is 0 Å². The Balaban J connectivity index is 2.93. The summed E-state index contributed by atoms with van der Waals surface area (Å²) in [6.07, 6.45) is 0. The van der Waals surface area contributed by atoms with E-state index in [1.807, 2.05) is 0 Å². The van der Waals surface area contributed by atoms with Gasteiger partial charge in [-0.05, 0) is 23.6 Å². The van der Waals surface area contributed by atoms with Crippen LogP contribution in [-0.4, -0.2) is 31.3 Å². The monoisotopic (exact) mass is 275 g/mol. The van der Waals surface area contributed by atoms with Crippen molar-refractivity contribution in [3.05, 3.63) is 29.3 Å². The topological polar surface area (TPSA) is 58.6 Å². The molecule has 1 amide bonds. The van der Waals surface area contributed by atoms with Gasteiger partial charge in [-0.25, -0.2) is 0 Å². The standard InChI is InChI=1S/C16H21NO3/c1-16(2,3)11-17-15(19)13-7-8-14(20-4)12(10-13)6-5-9-18/h7-8,10,18H,9,11H2,1-4H3,(H,17,19). The molecule has 0 atom stereocenters. The molecular formula is C16H21NO3. The number of benzene rings is 1. The lowest BCUT2D eigenvalue weighted by Gasteiger charge is -2.18. The maximum absolute atomic E-state index is 12.1. The van der Waals surface area contributed by atoms with Gasteiger partial charge in [0.25, 0.3) is 5.91 Å². The quantitative estimate of drug-likeness (QED) is 0.827. The number of aliphatic hydroxyl groups excluding tert-OH is 1. The highest BCUT2D eigenvalue weighted by molar-refractivity contribution is 5.94. The summed E-state index contributed by atoms with van der Waals surface area (Å²) in [6, 6.07) is 5.06. The molecule has 0 saturated carbocycles. The Labute approximate surface area is 120 Å². The smallest absolute Gasteiger partial charge is 0.251 e. The maximum Gasteiger partial charge on any atom is 0.251 e. The number of rotatable bonds is 3. The van der Waals surface area contributed by atoms with Gasteiger partial charge in [-0.1, -0.05) is 32.6 Å². The molecule has 0 spiro atoms. The lowest BCUT2D eigenvalue weighted by atomic mass is 9.97. The number of carbonyl (C=O) groups excluding carboxylic acids is 1. The SMILES string of the molecule is COc1ccc(C(=O)NCC(C)(C)C)cc1C#CCO. The summed E-state index contributed by atoms with van der Waals surface area (Å²) in [5, 5.41) is 11.6. The first-order valence-electron chi connectivity index (χ1n) is 6.43. The van der Waals surface area contributed by atoms with E-state index in [1.165, 1.54) is 0 Å². The largest absolute Gasteiger partial charge is 0.495 e. The van der Waals surface area contributed by atoms with E-state index in [9.17, 15) is 4.79 Å². The van der Waals surface area contributed by atoms with Crippen LogP contribution in [0.3, 0.4) is 0 Å². The lowest BCUT2D eigenvalue weighted by Crippen LogP contribution is -2.32. The van der Waals surface area contributed by atoms with Crippen molar-refractivity contribution in [3.8, 4) is 17.6 Å². The molecule has 4 heteroatoms. The van der Waals surface area contributed by atoms with Crippen molar-refractivity contribution in [1.82, 2.24) is 5.32 Å². The third-order valence-corrected chi connectivity index (χ3v) is 2.54. The van der Waals surface area contributed by atoms with Crippen molar-refractivity contribution >= 4 is 5.91 Å². The molecule has 0 aliphatic carbocycles. The first-order valence-corrected chi connectivity index (χ1v) is 6.43. The molecule has 1 rings (SSSR count). The predicted octanol–water partition coefficient (Wildman–Crippen LogP) is 1.81. The molecule has 2 N–H and O–H groups in total. The van der Waals surface area contributed by atoms with Gasteiger partial charge < -0.3 is 15.2 Å². The van der Waals surface area contributed by atoms with Crippen LogP contribution < -0.4 is 10.1 Å². The lowest BCUT2D eigenvalue weighted by molar-refractivity contribution is 0.0939. The van der Waals surface area contributed by atoms with E-state index in [0.717, 1.165) is 0 Å². The molecule has 0 heterocycles. The van der Waals surface area contributed by atoms with Gasteiger partial charge in [0.05, 0.1) is 12.7 Å². The fourth-order valence-corrected chi connectivity index (χ4v) is 1.53. The minimum Gasteiger partial charge on any atom is -0.495 e. The minimum atomic E-state index is -0.233. The van der Waals surface area contributed by atoms with Crippen molar-refractivity contribution in [2.24, 2.45) is 5.41 Å². The fourth-order valence-electron chi connectivity index (χ4n) is 1.53. The second-order valence-electron chi connectivity index (χ2n) is 5.62. The zero-order valence-corrected chi connectivity index (χ0v) is 12.4. The van der Waals surface area contributed by atoms with Crippen LogP contribution in [0.15, 0.2) is 18.2 Å². The van der Waals surface area contributed by atoms with Crippen molar-refractivity contribution in [1.29, 1.82) is 0 Å². The average molecular weight is 275 g/mol. The maximum atomic E-state index is 12.1. The number of amides is 1. The molecule has 0 fully saturated rings. The minimum absolute atomic E-state index is 0.0294. The molecule has 0 aromatic heterocycles. The van der Waals surface area contributed by atoms with E-state index in [4.69, 9.17) is 9.84 Å². The number of hydrogen-bond acceptors (Lipinski definition) is 3. The van der Waals surface area contributed by atoms with Gasteiger partial charge in [0.15, 0.2) is 0 Å². The Morgan fingerprint density at radius 3 is 2.65 bits per heavy atom. The molecule has 1 aromatic carbocycles. The van der Waals surface area contributed by atoms with E-state index >= 15 is 0 Å². The van der Waals surface area contributed by atoms with E-state index in [-0.39, 0.29) is 17.9 Å². The normalized spacial score (nSPS) is 10.4. The van der Waals surface area contributed by atoms with Crippen LogP contribution in [0, 0.1) is 17.3 Å². The summed E-state index contributed by atoms with van der Waals surface area (Å²) in [4.78, 5) is 12.1. The number of ether oxygens (including phenoxy) is 1. The van der Waals surface area contributed by atoms with E-state index < -0.39 is 0 Å². The van der Waals surface area contributed by atoms with Crippen molar-refractivity contribution < 1.29 is 14.6 Å². The first-order chi connectivity index (χ1) is 9.37. The molecule has 0 saturated heterocycles. The number of aliphatic hydroxyl groups is 1. The van der Waals surface area contributed by atoms with Gasteiger partial charge in [0.2, 0.25) is 0 Å². The van der Waals surface area contributed by atoms with Gasteiger partial charge in [0, 0.05) is 12.1 Å². The van der Waals surface area contributed by atoms with Gasteiger partial charge >= 0.3 is 0 Å². The number of hydrogen-bond donors (Lipinski definition) is 2. The molecule has 0 aliphatic heterocycles. The van der Waals surface area contributed by atoms with Crippen molar-refractivity contribution in [2.75, 3.05) is 20.3 Å². The van der Waals surface area contributed by atoms with Crippen molar-refractivity contribution in [2.45, 2.75) is 20.8 Å². The summed E-state index contributed by atoms with van der Waals surface area (Å²) in [7, 11) is 1.54. The summed E-state index contributed by atoms with van der Waals surface area (Å²) < 4.78 is 5.18. The van der Waals surface area contributed by atoms with Gasteiger partial charge in [-0.2, -0.15) is 0 Å². The van der Waals surface area contributed by atoms with Crippen molar-refractivity contribution in [3.63, 3.8) is 0 Å². The Hall–Kier alpha value is -1.99. The van der Waals surface area contributed by atoms with Crippen LogP contribution in [-0.2, 0) is 0 Å². The molecular weight excluding hydrogens is 254 g/mol. The second kappa shape index (κ2) is 6.97. The molecule has 20 heavy (non-hydrogen) atoms. The van der Waals surface area contributed by atoms with E-state index in [2.05, 4.69) is 37.9 Å². The molecule has 108 valence electrons. The zero-order chi connectivity index (χ0) is 15.2. The highest BCUT2D eigenvalue weighted by atomic mass is 16.5.